The summed E-state index contributed by atoms with van der Waals surface area (Å²) in [7, 11) is -3.60. The predicted molar refractivity (Wildman–Crippen MR) is 72.1 cm³/mol. The summed E-state index contributed by atoms with van der Waals surface area (Å²) in [5.74, 6) is 0.104. The molecule has 0 radical (unpaired) electrons. The Balaban J connectivity index is 1.83. The van der Waals surface area contributed by atoms with Crippen molar-refractivity contribution in [3.8, 4) is 6.07 Å². The van der Waals surface area contributed by atoms with Crippen LogP contribution in [0.15, 0.2) is 29.2 Å². The third kappa shape index (κ3) is 3.79. The van der Waals surface area contributed by atoms with Gasteiger partial charge in [-0.3, -0.25) is 4.79 Å². The Hall–Kier alpha value is -1.91. The van der Waals surface area contributed by atoms with Gasteiger partial charge in [0.2, 0.25) is 15.9 Å². The second-order valence-electron chi connectivity index (χ2n) is 4.60. The van der Waals surface area contributed by atoms with Crippen molar-refractivity contribution in [3.63, 3.8) is 0 Å². The molecule has 0 heterocycles. The summed E-state index contributed by atoms with van der Waals surface area (Å²) in [6, 6.07) is 7.58. The summed E-state index contributed by atoms with van der Waals surface area (Å²) in [6.45, 7) is 0.408. The molecule has 1 fully saturated rings. The van der Waals surface area contributed by atoms with E-state index in [1.165, 1.54) is 24.3 Å². The molecule has 0 bridgehead atoms. The van der Waals surface area contributed by atoms with Crippen molar-refractivity contribution in [2.45, 2.75) is 17.7 Å². The standard InChI is InChI=1S/C13H15N3O3S/c14-9-10-1-5-12(6-2-10)20(18,19)16-8-7-15-13(17)11-3-4-11/h1-2,5-6,11,16H,3-4,7-8H2,(H,15,17). The highest BCUT2D eigenvalue weighted by Gasteiger charge is 2.29. The number of nitriles is 1. The van der Waals surface area contributed by atoms with E-state index in [2.05, 4.69) is 10.0 Å². The SMILES string of the molecule is N#Cc1ccc(S(=O)(=O)NCCNC(=O)C2CC2)cc1. The van der Waals surface area contributed by atoms with Gasteiger partial charge in [-0.05, 0) is 37.1 Å². The number of nitrogens with one attached hydrogen (secondary N) is 2. The highest BCUT2D eigenvalue weighted by molar-refractivity contribution is 7.89. The van der Waals surface area contributed by atoms with Crippen molar-refractivity contribution in [2.75, 3.05) is 13.1 Å². The minimum Gasteiger partial charge on any atom is -0.355 e. The Morgan fingerprint density at radius 2 is 1.90 bits per heavy atom. The molecule has 1 aliphatic carbocycles. The van der Waals surface area contributed by atoms with E-state index in [1.54, 1.807) is 0 Å². The molecule has 1 aromatic carbocycles. The Bertz CT molecular complexity index is 628. The van der Waals surface area contributed by atoms with Crippen molar-refractivity contribution < 1.29 is 13.2 Å². The van der Waals surface area contributed by atoms with Gasteiger partial charge < -0.3 is 5.32 Å². The smallest absolute Gasteiger partial charge is 0.240 e. The average molecular weight is 293 g/mol. The van der Waals surface area contributed by atoms with E-state index >= 15 is 0 Å². The molecule has 20 heavy (non-hydrogen) atoms. The predicted octanol–water partition coefficient (Wildman–Crippen LogP) is 0.363. The van der Waals surface area contributed by atoms with Gasteiger partial charge in [-0.2, -0.15) is 5.26 Å². The van der Waals surface area contributed by atoms with Crippen LogP contribution in [-0.2, 0) is 14.8 Å². The fourth-order valence-electron chi connectivity index (χ4n) is 1.65. The molecule has 1 aliphatic rings. The van der Waals surface area contributed by atoms with Gasteiger partial charge in [0.25, 0.3) is 0 Å². The zero-order valence-corrected chi connectivity index (χ0v) is 11.6. The van der Waals surface area contributed by atoms with Crippen LogP contribution in [0.25, 0.3) is 0 Å². The molecular formula is C13H15N3O3S. The highest BCUT2D eigenvalue weighted by atomic mass is 32.2. The summed E-state index contributed by atoms with van der Waals surface area (Å²) in [5.41, 5.74) is 0.403. The van der Waals surface area contributed by atoms with Crippen LogP contribution in [0.1, 0.15) is 18.4 Å². The first-order valence-electron chi connectivity index (χ1n) is 6.30. The number of amides is 1. The first-order valence-corrected chi connectivity index (χ1v) is 7.79. The third-order valence-corrected chi connectivity index (χ3v) is 4.44. The van der Waals surface area contributed by atoms with Gasteiger partial charge >= 0.3 is 0 Å². The number of carbonyl (C=O) groups excluding carboxylic acids is 1. The fourth-order valence-corrected chi connectivity index (χ4v) is 2.68. The lowest BCUT2D eigenvalue weighted by molar-refractivity contribution is -0.122. The van der Waals surface area contributed by atoms with Crippen molar-refractivity contribution in [1.82, 2.24) is 10.0 Å². The number of nitrogens with zero attached hydrogens (tertiary/aromatic N) is 1. The van der Waals surface area contributed by atoms with Crippen molar-refractivity contribution >= 4 is 15.9 Å². The Morgan fingerprint density at radius 3 is 2.45 bits per heavy atom. The number of carbonyl (C=O) groups is 1. The lowest BCUT2D eigenvalue weighted by atomic mass is 10.2. The van der Waals surface area contributed by atoms with E-state index in [4.69, 9.17) is 5.26 Å². The van der Waals surface area contributed by atoms with Gasteiger partial charge in [-0.15, -0.1) is 0 Å². The largest absolute Gasteiger partial charge is 0.355 e. The molecule has 2 rings (SSSR count). The molecule has 0 unspecified atom stereocenters. The van der Waals surface area contributed by atoms with E-state index in [-0.39, 0.29) is 29.8 Å². The third-order valence-electron chi connectivity index (χ3n) is 2.96. The summed E-state index contributed by atoms with van der Waals surface area (Å²) in [6.07, 6.45) is 1.84. The molecule has 2 N–H and O–H groups in total. The molecule has 6 nitrogen and oxygen atoms in total. The van der Waals surface area contributed by atoms with Crippen LogP contribution >= 0.6 is 0 Å². The zero-order chi connectivity index (χ0) is 14.6. The van der Waals surface area contributed by atoms with Gasteiger partial charge in [-0.1, -0.05) is 0 Å². The maximum Gasteiger partial charge on any atom is 0.240 e. The van der Waals surface area contributed by atoms with Crippen LogP contribution in [0.2, 0.25) is 0 Å². The normalized spacial score (nSPS) is 14.6. The summed E-state index contributed by atoms with van der Waals surface area (Å²) in [4.78, 5) is 11.5. The van der Waals surface area contributed by atoms with E-state index in [0.29, 0.717) is 5.56 Å². The molecule has 0 atom stereocenters. The molecule has 0 aromatic heterocycles. The van der Waals surface area contributed by atoms with Gasteiger partial charge in [0.05, 0.1) is 16.5 Å². The monoisotopic (exact) mass is 293 g/mol. The van der Waals surface area contributed by atoms with E-state index < -0.39 is 10.0 Å². The van der Waals surface area contributed by atoms with Crippen molar-refractivity contribution in [2.24, 2.45) is 5.92 Å². The van der Waals surface area contributed by atoms with Gasteiger partial charge in [0, 0.05) is 19.0 Å². The molecule has 0 aliphatic heterocycles. The van der Waals surface area contributed by atoms with Crippen molar-refractivity contribution in [3.05, 3.63) is 29.8 Å². The quantitative estimate of drug-likeness (QED) is 0.740. The van der Waals surface area contributed by atoms with Crippen LogP contribution in [0.4, 0.5) is 0 Å². The van der Waals surface area contributed by atoms with Crippen LogP contribution in [0, 0.1) is 17.2 Å². The van der Waals surface area contributed by atoms with Gasteiger partial charge in [0.1, 0.15) is 0 Å². The number of hydrogen-bond donors (Lipinski definition) is 2. The lowest BCUT2D eigenvalue weighted by Crippen LogP contribution is -2.35. The number of sulfonamides is 1. The molecule has 1 saturated carbocycles. The molecule has 7 heteroatoms. The van der Waals surface area contributed by atoms with Crippen LogP contribution in [-0.4, -0.2) is 27.4 Å². The highest BCUT2D eigenvalue weighted by Crippen LogP contribution is 2.28. The molecule has 1 amide bonds. The maximum absolute atomic E-state index is 11.9. The van der Waals surface area contributed by atoms with Crippen LogP contribution in [0.5, 0.6) is 0 Å². The van der Waals surface area contributed by atoms with E-state index in [0.717, 1.165) is 12.8 Å². The Morgan fingerprint density at radius 1 is 1.25 bits per heavy atom. The molecule has 0 saturated heterocycles. The first kappa shape index (κ1) is 14.5. The van der Waals surface area contributed by atoms with Crippen LogP contribution < -0.4 is 10.0 Å². The average Bonchev–Trinajstić information content (AvgIpc) is 3.28. The topological polar surface area (TPSA) is 99.1 Å². The van der Waals surface area contributed by atoms with Gasteiger partial charge in [-0.25, -0.2) is 13.1 Å². The maximum atomic E-state index is 11.9. The molecule has 106 valence electrons. The summed E-state index contributed by atoms with van der Waals surface area (Å²) < 4.78 is 26.2. The molecular weight excluding hydrogens is 278 g/mol. The molecule has 1 aromatic rings. The minimum atomic E-state index is -3.60. The van der Waals surface area contributed by atoms with Crippen LogP contribution in [0.3, 0.4) is 0 Å². The number of hydrogen-bond acceptors (Lipinski definition) is 4. The second-order valence-corrected chi connectivity index (χ2v) is 6.37. The number of benzene rings is 1. The lowest BCUT2D eigenvalue weighted by Gasteiger charge is -2.07. The molecule has 0 spiro atoms. The number of rotatable bonds is 6. The summed E-state index contributed by atoms with van der Waals surface area (Å²) in [5, 5.41) is 11.3. The Labute approximate surface area is 117 Å². The van der Waals surface area contributed by atoms with Crippen molar-refractivity contribution in [1.29, 1.82) is 5.26 Å². The summed E-state index contributed by atoms with van der Waals surface area (Å²) >= 11 is 0. The first-order chi connectivity index (χ1) is 9.53. The second kappa shape index (κ2) is 6.03. The zero-order valence-electron chi connectivity index (χ0n) is 10.8. The minimum absolute atomic E-state index is 0.0115. The fraction of sp³-hybridized carbons (Fsp3) is 0.385. The Kier molecular flexibility index (Phi) is 4.37. The van der Waals surface area contributed by atoms with Gasteiger partial charge in [0.15, 0.2) is 0 Å². The van der Waals surface area contributed by atoms with E-state index in [1.807, 2.05) is 6.07 Å². The van der Waals surface area contributed by atoms with E-state index in [9.17, 15) is 13.2 Å².